The Morgan fingerprint density at radius 1 is 0.895 bits per heavy atom. The highest BCUT2D eigenvalue weighted by atomic mass is 35.5. The van der Waals surface area contributed by atoms with Crippen LogP contribution in [0.25, 0.3) is 0 Å². The summed E-state index contributed by atoms with van der Waals surface area (Å²) in [6, 6.07) is 18.6. The third kappa shape index (κ3) is 4.87. The van der Waals surface area contributed by atoms with Crippen LogP contribution in [0.1, 0.15) is 11.1 Å². The van der Waals surface area contributed by atoms with Gasteiger partial charge in [0.1, 0.15) is 0 Å². The third-order valence-electron chi connectivity index (χ3n) is 3.02. The number of nitrogens with one attached hydrogen (secondary N) is 1. The standard InChI is InChI=1S/C16H17Cl2N/c17-11-16(10-13-4-2-1-3-5-13)19-12-14-6-8-15(18)9-7-14/h1-9,16,19H,10-12H2. The largest absolute Gasteiger partial charge is 0.308 e. The molecule has 0 aliphatic rings. The lowest BCUT2D eigenvalue weighted by Gasteiger charge is -2.16. The zero-order chi connectivity index (χ0) is 13.5. The molecule has 2 aromatic rings. The summed E-state index contributed by atoms with van der Waals surface area (Å²) in [4.78, 5) is 0. The number of benzene rings is 2. The minimum absolute atomic E-state index is 0.278. The van der Waals surface area contributed by atoms with Gasteiger partial charge in [0.2, 0.25) is 0 Å². The van der Waals surface area contributed by atoms with Crippen LogP contribution >= 0.6 is 23.2 Å². The highest BCUT2D eigenvalue weighted by Gasteiger charge is 2.07. The molecule has 0 saturated carbocycles. The third-order valence-corrected chi connectivity index (χ3v) is 3.64. The van der Waals surface area contributed by atoms with Gasteiger partial charge in [-0.2, -0.15) is 0 Å². The maximum absolute atomic E-state index is 6.03. The highest BCUT2D eigenvalue weighted by Crippen LogP contribution is 2.10. The van der Waals surface area contributed by atoms with Gasteiger partial charge in [0.05, 0.1) is 0 Å². The van der Waals surface area contributed by atoms with E-state index in [1.807, 2.05) is 30.3 Å². The van der Waals surface area contributed by atoms with E-state index in [2.05, 4.69) is 29.6 Å². The molecule has 1 N–H and O–H groups in total. The fraction of sp³-hybridized carbons (Fsp3) is 0.250. The first-order valence-corrected chi connectivity index (χ1v) is 7.27. The van der Waals surface area contributed by atoms with E-state index in [0.29, 0.717) is 5.88 Å². The molecule has 1 atom stereocenters. The molecule has 0 radical (unpaired) electrons. The predicted molar refractivity (Wildman–Crippen MR) is 82.9 cm³/mol. The second-order valence-electron chi connectivity index (χ2n) is 4.55. The molecule has 2 rings (SSSR count). The van der Waals surface area contributed by atoms with Crippen LogP contribution < -0.4 is 5.32 Å². The van der Waals surface area contributed by atoms with Gasteiger partial charge in [-0.25, -0.2) is 0 Å². The lowest BCUT2D eigenvalue weighted by atomic mass is 10.1. The molecule has 0 aromatic heterocycles. The molecular formula is C16H17Cl2N. The molecule has 0 spiro atoms. The highest BCUT2D eigenvalue weighted by molar-refractivity contribution is 6.30. The molecule has 100 valence electrons. The van der Waals surface area contributed by atoms with E-state index in [9.17, 15) is 0 Å². The van der Waals surface area contributed by atoms with Gasteiger partial charge >= 0.3 is 0 Å². The Hall–Kier alpha value is -1.02. The van der Waals surface area contributed by atoms with Gasteiger partial charge < -0.3 is 5.32 Å². The molecule has 0 saturated heterocycles. The summed E-state index contributed by atoms with van der Waals surface area (Å²) in [5, 5.41) is 4.24. The smallest absolute Gasteiger partial charge is 0.0406 e. The van der Waals surface area contributed by atoms with E-state index >= 15 is 0 Å². The van der Waals surface area contributed by atoms with Crippen LogP contribution in [-0.2, 0) is 13.0 Å². The summed E-state index contributed by atoms with van der Waals surface area (Å²) in [7, 11) is 0. The Morgan fingerprint density at radius 2 is 1.58 bits per heavy atom. The van der Waals surface area contributed by atoms with Crippen molar-refractivity contribution in [3.05, 3.63) is 70.7 Å². The summed E-state index contributed by atoms with van der Waals surface area (Å²) in [5.74, 6) is 0.600. The molecule has 1 unspecified atom stereocenters. The van der Waals surface area contributed by atoms with Crippen molar-refractivity contribution in [3.8, 4) is 0 Å². The van der Waals surface area contributed by atoms with Crippen molar-refractivity contribution in [1.29, 1.82) is 0 Å². The van der Waals surface area contributed by atoms with Crippen molar-refractivity contribution in [3.63, 3.8) is 0 Å². The topological polar surface area (TPSA) is 12.0 Å². The zero-order valence-corrected chi connectivity index (χ0v) is 12.2. The number of rotatable bonds is 6. The van der Waals surface area contributed by atoms with Crippen molar-refractivity contribution in [2.45, 2.75) is 19.0 Å². The van der Waals surface area contributed by atoms with Crippen molar-refractivity contribution in [1.82, 2.24) is 5.32 Å². The Balaban J connectivity index is 1.87. The Kier molecular flexibility index (Phi) is 5.71. The van der Waals surface area contributed by atoms with E-state index in [1.54, 1.807) is 0 Å². The van der Waals surface area contributed by atoms with E-state index in [-0.39, 0.29) is 6.04 Å². The molecule has 1 nitrogen and oxygen atoms in total. The predicted octanol–water partition coefficient (Wildman–Crippen LogP) is 4.28. The van der Waals surface area contributed by atoms with Crippen molar-refractivity contribution >= 4 is 23.2 Å². The van der Waals surface area contributed by atoms with Gasteiger partial charge in [-0.05, 0) is 29.7 Å². The van der Waals surface area contributed by atoms with Crippen molar-refractivity contribution in [2.75, 3.05) is 5.88 Å². The zero-order valence-electron chi connectivity index (χ0n) is 10.7. The van der Waals surface area contributed by atoms with Crippen LogP contribution in [0.5, 0.6) is 0 Å². The minimum Gasteiger partial charge on any atom is -0.308 e. The van der Waals surface area contributed by atoms with E-state index in [0.717, 1.165) is 18.0 Å². The summed E-state index contributed by atoms with van der Waals surface area (Å²) in [6.07, 6.45) is 0.942. The summed E-state index contributed by atoms with van der Waals surface area (Å²) in [5.41, 5.74) is 2.52. The first kappa shape index (κ1) is 14.4. The van der Waals surface area contributed by atoms with Crippen molar-refractivity contribution < 1.29 is 0 Å². The van der Waals surface area contributed by atoms with Crippen LogP contribution in [0.3, 0.4) is 0 Å². The van der Waals surface area contributed by atoms with E-state index in [4.69, 9.17) is 23.2 Å². The fourth-order valence-electron chi connectivity index (χ4n) is 1.94. The summed E-state index contributed by atoms with van der Waals surface area (Å²) in [6.45, 7) is 0.807. The number of hydrogen-bond donors (Lipinski definition) is 1. The second kappa shape index (κ2) is 7.54. The van der Waals surface area contributed by atoms with Crippen LogP contribution in [0, 0.1) is 0 Å². The van der Waals surface area contributed by atoms with Crippen LogP contribution in [0.2, 0.25) is 5.02 Å². The molecule has 2 aromatic carbocycles. The SMILES string of the molecule is ClCC(Cc1ccccc1)NCc1ccc(Cl)cc1. The Bertz CT molecular complexity index is 482. The average Bonchev–Trinajstić information content (AvgIpc) is 2.46. The number of halogens is 2. The number of hydrogen-bond acceptors (Lipinski definition) is 1. The Labute approximate surface area is 124 Å². The molecule has 0 aliphatic carbocycles. The Morgan fingerprint density at radius 3 is 2.21 bits per heavy atom. The second-order valence-corrected chi connectivity index (χ2v) is 5.29. The van der Waals surface area contributed by atoms with Gasteiger partial charge in [-0.1, -0.05) is 54.1 Å². The van der Waals surface area contributed by atoms with Gasteiger partial charge in [-0.15, -0.1) is 11.6 Å². The molecule has 0 heterocycles. The number of alkyl halides is 1. The van der Waals surface area contributed by atoms with Crippen molar-refractivity contribution in [2.24, 2.45) is 0 Å². The maximum Gasteiger partial charge on any atom is 0.0406 e. The van der Waals surface area contributed by atoms with Gasteiger partial charge in [0.25, 0.3) is 0 Å². The maximum atomic E-state index is 6.03. The summed E-state index contributed by atoms with van der Waals surface area (Å²) < 4.78 is 0. The van der Waals surface area contributed by atoms with E-state index in [1.165, 1.54) is 11.1 Å². The first-order chi connectivity index (χ1) is 9.28. The average molecular weight is 294 g/mol. The lowest BCUT2D eigenvalue weighted by molar-refractivity contribution is 0.550. The van der Waals surface area contributed by atoms with Gasteiger partial charge in [-0.3, -0.25) is 0 Å². The summed E-state index contributed by atoms with van der Waals surface area (Å²) >= 11 is 11.9. The van der Waals surface area contributed by atoms with Crippen LogP contribution in [0.15, 0.2) is 54.6 Å². The first-order valence-electron chi connectivity index (χ1n) is 6.35. The quantitative estimate of drug-likeness (QED) is 0.784. The molecule has 19 heavy (non-hydrogen) atoms. The van der Waals surface area contributed by atoms with Crippen LogP contribution in [-0.4, -0.2) is 11.9 Å². The molecule has 3 heteroatoms. The van der Waals surface area contributed by atoms with Gasteiger partial charge in [0.15, 0.2) is 0 Å². The minimum atomic E-state index is 0.278. The van der Waals surface area contributed by atoms with Gasteiger partial charge in [0, 0.05) is 23.5 Å². The monoisotopic (exact) mass is 293 g/mol. The molecule has 0 fully saturated rings. The molecule has 0 aliphatic heterocycles. The molecular weight excluding hydrogens is 277 g/mol. The fourth-order valence-corrected chi connectivity index (χ4v) is 2.29. The van der Waals surface area contributed by atoms with Crippen LogP contribution in [0.4, 0.5) is 0 Å². The van der Waals surface area contributed by atoms with E-state index < -0.39 is 0 Å². The lowest BCUT2D eigenvalue weighted by Crippen LogP contribution is -2.32. The normalized spacial score (nSPS) is 12.3. The molecule has 0 bridgehead atoms. The molecule has 0 amide bonds.